The smallest absolute Gasteiger partial charge is 0.322 e. The van der Waals surface area contributed by atoms with Gasteiger partial charge in [-0.05, 0) is 49.2 Å². The topological polar surface area (TPSA) is 105 Å². The Kier molecular flexibility index (Phi) is 6.29. The summed E-state index contributed by atoms with van der Waals surface area (Å²) in [6.45, 7) is 0.397. The quantitative estimate of drug-likeness (QED) is 0.589. The summed E-state index contributed by atoms with van der Waals surface area (Å²) in [6, 6.07) is 12.9. The number of piperidine rings is 1. The van der Waals surface area contributed by atoms with Crippen LogP contribution in [0.5, 0.6) is 0 Å². The van der Waals surface area contributed by atoms with E-state index in [0.717, 1.165) is 0 Å². The van der Waals surface area contributed by atoms with Crippen molar-refractivity contribution < 1.29 is 17.6 Å². The third-order valence-corrected chi connectivity index (χ3v) is 7.43. The fourth-order valence-corrected chi connectivity index (χ4v) is 5.22. The molecule has 0 radical (unpaired) electrons. The molecule has 4 rings (SSSR count). The molecular weight excluding hydrogens is 463 g/mol. The third-order valence-electron chi connectivity index (χ3n) is 4.97. The van der Waals surface area contributed by atoms with Crippen molar-refractivity contribution in [1.29, 1.82) is 0 Å². The highest BCUT2D eigenvalue weighted by Crippen LogP contribution is 2.28. The zero-order valence-electron chi connectivity index (χ0n) is 16.2. The summed E-state index contributed by atoms with van der Waals surface area (Å²) in [4.78, 5) is 12.9. The average molecular weight is 481 g/mol. The molecule has 11 heteroatoms. The number of sulfonamides is 1. The van der Waals surface area contributed by atoms with E-state index in [-0.39, 0.29) is 29.3 Å². The van der Waals surface area contributed by atoms with Crippen LogP contribution in [0.1, 0.15) is 12.8 Å². The Morgan fingerprint density at radius 2 is 1.84 bits per heavy atom. The number of carbonyl (C=O) groups excluding carboxylic acids is 1. The van der Waals surface area contributed by atoms with Crippen LogP contribution in [0.15, 0.2) is 57.8 Å². The maximum absolute atomic E-state index is 12.9. The summed E-state index contributed by atoms with van der Waals surface area (Å²) in [7, 11) is -3.73. The predicted octanol–water partition coefficient (Wildman–Crippen LogP) is 4.08. The Labute approximate surface area is 189 Å². The normalized spacial score (nSPS) is 17.4. The molecule has 1 aromatic heterocycles. The van der Waals surface area contributed by atoms with Crippen LogP contribution in [0.3, 0.4) is 0 Å². The Hall–Kier alpha value is -2.46. The van der Waals surface area contributed by atoms with E-state index in [4.69, 9.17) is 27.6 Å². The minimum absolute atomic E-state index is 0.0578. The summed E-state index contributed by atoms with van der Waals surface area (Å²) in [5.41, 5.74) is 0.551. The number of halogens is 2. The van der Waals surface area contributed by atoms with Gasteiger partial charge < -0.3 is 4.42 Å². The van der Waals surface area contributed by atoms with Crippen LogP contribution in [0.25, 0.3) is 11.5 Å². The first-order valence-electron chi connectivity index (χ1n) is 9.49. The van der Waals surface area contributed by atoms with E-state index < -0.39 is 15.9 Å². The SMILES string of the molecule is O=C(Nc1nnc(-c2ccccc2Cl)o1)C1CCCN(S(=O)(=O)c2ccc(Cl)cc2)C1. The lowest BCUT2D eigenvalue weighted by atomic mass is 9.99. The lowest BCUT2D eigenvalue weighted by molar-refractivity contribution is -0.121. The third kappa shape index (κ3) is 4.74. The van der Waals surface area contributed by atoms with E-state index >= 15 is 0 Å². The second-order valence-electron chi connectivity index (χ2n) is 7.04. The molecule has 162 valence electrons. The second kappa shape index (κ2) is 8.96. The molecule has 0 aliphatic carbocycles. The molecule has 1 N–H and O–H groups in total. The van der Waals surface area contributed by atoms with Gasteiger partial charge in [-0.15, -0.1) is 5.10 Å². The molecule has 1 amide bonds. The number of hydrogen-bond donors (Lipinski definition) is 1. The van der Waals surface area contributed by atoms with Gasteiger partial charge in [-0.1, -0.05) is 40.4 Å². The summed E-state index contributed by atoms with van der Waals surface area (Å²) in [5.74, 6) is -0.756. The second-order valence-corrected chi connectivity index (χ2v) is 9.82. The molecule has 1 saturated heterocycles. The summed E-state index contributed by atoms with van der Waals surface area (Å²) in [6.07, 6.45) is 1.10. The lowest BCUT2D eigenvalue weighted by Crippen LogP contribution is -2.43. The van der Waals surface area contributed by atoms with Crippen LogP contribution in [-0.4, -0.2) is 41.9 Å². The van der Waals surface area contributed by atoms with Gasteiger partial charge >= 0.3 is 6.01 Å². The number of benzene rings is 2. The molecule has 0 saturated carbocycles. The molecule has 2 heterocycles. The van der Waals surface area contributed by atoms with Gasteiger partial charge in [-0.25, -0.2) is 8.42 Å². The predicted molar refractivity (Wildman–Crippen MR) is 116 cm³/mol. The maximum Gasteiger partial charge on any atom is 0.322 e. The monoisotopic (exact) mass is 480 g/mol. The molecule has 0 bridgehead atoms. The Bertz CT molecular complexity index is 1200. The van der Waals surface area contributed by atoms with Gasteiger partial charge in [0.1, 0.15) is 0 Å². The zero-order valence-corrected chi connectivity index (χ0v) is 18.5. The number of rotatable bonds is 5. The molecule has 1 unspecified atom stereocenters. The van der Waals surface area contributed by atoms with Crippen LogP contribution < -0.4 is 5.32 Å². The van der Waals surface area contributed by atoms with E-state index in [2.05, 4.69) is 15.5 Å². The molecule has 31 heavy (non-hydrogen) atoms. The van der Waals surface area contributed by atoms with Crippen LogP contribution in [-0.2, 0) is 14.8 Å². The summed E-state index contributed by atoms with van der Waals surface area (Å²) < 4.78 is 32.6. The Morgan fingerprint density at radius 1 is 1.10 bits per heavy atom. The zero-order chi connectivity index (χ0) is 22.0. The van der Waals surface area contributed by atoms with Crippen molar-refractivity contribution >= 4 is 45.1 Å². The van der Waals surface area contributed by atoms with Gasteiger partial charge in [0.15, 0.2) is 0 Å². The van der Waals surface area contributed by atoms with Gasteiger partial charge in [0.2, 0.25) is 15.9 Å². The van der Waals surface area contributed by atoms with Crippen LogP contribution in [0.2, 0.25) is 10.0 Å². The van der Waals surface area contributed by atoms with Gasteiger partial charge in [-0.2, -0.15) is 4.31 Å². The van der Waals surface area contributed by atoms with E-state index in [1.54, 1.807) is 24.3 Å². The Balaban J connectivity index is 1.45. The maximum atomic E-state index is 12.9. The van der Waals surface area contributed by atoms with E-state index in [1.807, 2.05) is 0 Å². The lowest BCUT2D eigenvalue weighted by Gasteiger charge is -2.30. The first kappa shape index (κ1) is 21.8. The van der Waals surface area contributed by atoms with Crippen LogP contribution >= 0.6 is 23.2 Å². The number of amides is 1. The highest BCUT2D eigenvalue weighted by molar-refractivity contribution is 7.89. The number of hydrogen-bond acceptors (Lipinski definition) is 6. The summed E-state index contributed by atoms with van der Waals surface area (Å²) in [5, 5.41) is 11.2. The minimum Gasteiger partial charge on any atom is -0.403 e. The van der Waals surface area contributed by atoms with Crippen molar-refractivity contribution in [2.45, 2.75) is 17.7 Å². The highest BCUT2D eigenvalue weighted by atomic mass is 35.5. The molecule has 1 atom stereocenters. The number of anilines is 1. The van der Waals surface area contributed by atoms with Crippen LogP contribution in [0.4, 0.5) is 6.01 Å². The van der Waals surface area contributed by atoms with Crippen molar-refractivity contribution in [3.05, 3.63) is 58.6 Å². The molecule has 3 aromatic rings. The summed E-state index contributed by atoms with van der Waals surface area (Å²) >= 11 is 12.0. The highest BCUT2D eigenvalue weighted by Gasteiger charge is 2.33. The van der Waals surface area contributed by atoms with Crippen LogP contribution in [0, 0.1) is 5.92 Å². The number of nitrogens with zero attached hydrogens (tertiary/aromatic N) is 3. The fourth-order valence-electron chi connectivity index (χ4n) is 3.36. The molecule has 2 aromatic carbocycles. The van der Waals surface area contributed by atoms with Gasteiger partial charge in [0.25, 0.3) is 5.89 Å². The van der Waals surface area contributed by atoms with Gasteiger partial charge in [0, 0.05) is 18.1 Å². The number of carbonyl (C=O) groups is 1. The molecule has 8 nitrogen and oxygen atoms in total. The number of nitrogens with one attached hydrogen (secondary N) is 1. The van der Waals surface area contributed by atoms with E-state index in [1.165, 1.54) is 28.6 Å². The molecule has 1 fully saturated rings. The van der Waals surface area contributed by atoms with Crippen molar-refractivity contribution in [1.82, 2.24) is 14.5 Å². The molecule has 1 aliphatic rings. The van der Waals surface area contributed by atoms with E-state index in [0.29, 0.717) is 35.0 Å². The van der Waals surface area contributed by atoms with Crippen molar-refractivity contribution in [3.8, 4) is 11.5 Å². The van der Waals surface area contributed by atoms with Gasteiger partial charge in [-0.3, -0.25) is 10.1 Å². The van der Waals surface area contributed by atoms with E-state index in [9.17, 15) is 13.2 Å². The number of aromatic nitrogens is 2. The average Bonchev–Trinajstić information content (AvgIpc) is 3.22. The van der Waals surface area contributed by atoms with Crippen molar-refractivity contribution in [2.24, 2.45) is 5.92 Å². The Morgan fingerprint density at radius 3 is 2.58 bits per heavy atom. The largest absolute Gasteiger partial charge is 0.403 e. The van der Waals surface area contributed by atoms with Gasteiger partial charge in [0.05, 0.1) is 21.4 Å². The standard InChI is InChI=1S/C20H18Cl2N4O4S/c21-14-7-9-15(10-8-14)31(28,29)26-11-3-4-13(12-26)18(27)23-20-25-24-19(30-20)16-5-1-2-6-17(16)22/h1-2,5-10,13H,3-4,11-12H2,(H,23,25,27). The molecular formula is C20H18Cl2N4O4S. The molecule has 1 aliphatic heterocycles. The first-order valence-corrected chi connectivity index (χ1v) is 11.7. The first-order chi connectivity index (χ1) is 14.8. The fraction of sp³-hybridized carbons (Fsp3) is 0.250. The minimum atomic E-state index is -3.73. The molecule has 0 spiro atoms. The van der Waals surface area contributed by atoms with Crippen molar-refractivity contribution in [2.75, 3.05) is 18.4 Å². The van der Waals surface area contributed by atoms with Crippen molar-refractivity contribution in [3.63, 3.8) is 0 Å².